The van der Waals surface area contributed by atoms with Gasteiger partial charge in [-0.3, -0.25) is 0 Å². The van der Waals surface area contributed by atoms with Crippen molar-refractivity contribution in [2.24, 2.45) is 0 Å². The lowest BCUT2D eigenvalue weighted by atomic mass is 9.76. The van der Waals surface area contributed by atoms with Crippen molar-refractivity contribution in [2.45, 2.75) is 39.0 Å². The Balaban J connectivity index is 1.95. The number of fused-ring (bicyclic) bond motifs is 1. The minimum absolute atomic E-state index is 0.221. The first kappa shape index (κ1) is 18.2. The average Bonchev–Trinajstić information content (AvgIpc) is 3.12. The zero-order valence-electron chi connectivity index (χ0n) is 16.7. The molecule has 4 nitrogen and oxygen atoms in total. The highest BCUT2D eigenvalue weighted by molar-refractivity contribution is 5.74. The van der Waals surface area contributed by atoms with E-state index in [0.717, 1.165) is 27.7 Å². The number of aromatic hydroxyl groups is 1. The van der Waals surface area contributed by atoms with Crippen LogP contribution in [0, 0.1) is 0 Å². The van der Waals surface area contributed by atoms with E-state index in [1.807, 2.05) is 48.5 Å². The van der Waals surface area contributed by atoms with Crippen LogP contribution < -0.4 is 0 Å². The van der Waals surface area contributed by atoms with Crippen molar-refractivity contribution in [2.75, 3.05) is 0 Å². The van der Waals surface area contributed by atoms with E-state index in [-0.39, 0.29) is 11.2 Å². The molecule has 0 bridgehead atoms. The van der Waals surface area contributed by atoms with Crippen molar-refractivity contribution in [3.05, 3.63) is 83.4 Å². The first-order chi connectivity index (χ1) is 13.4. The number of nitrogens with zero attached hydrogens (tertiary/aromatic N) is 3. The first-order valence-corrected chi connectivity index (χ1v) is 9.63. The molecule has 4 rings (SSSR count). The average molecular weight is 371 g/mol. The predicted molar refractivity (Wildman–Crippen MR) is 113 cm³/mol. The van der Waals surface area contributed by atoms with E-state index in [1.165, 1.54) is 0 Å². The van der Waals surface area contributed by atoms with E-state index < -0.39 is 0 Å². The summed E-state index contributed by atoms with van der Waals surface area (Å²) in [5.74, 6) is 0.535. The molecule has 1 aromatic heterocycles. The highest BCUT2D eigenvalue weighted by Gasteiger charge is 2.29. The van der Waals surface area contributed by atoms with Gasteiger partial charge in [-0.1, -0.05) is 76.2 Å². The molecule has 4 aromatic rings. The van der Waals surface area contributed by atoms with Crippen LogP contribution >= 0.6 is 0 Å². The maximum Gasteiger partial charge on any atom is 0.147 e. The first-order valence-electron chi connectivity index (χ1n) is 9.63. The summed E-state index contributed by atoms with van der Waals surface area (Å²) in [7, 11) is 0. The number of rotatable bonds is 4. The molecule has 0 saturated carbocycles. The van der Waals surface area contributed by atoms with Crippen LogP contribution in [0.4, 0.5) is 0 Å². The molecule has 3 aromatic carbocycles. The molecule has 4 heteroatoms. The van der Waals surface area contributed by atoms with Gasteiger partial charge in [0.1, 0.15) is 22.5 Å². The Morgan fingerprint density at radius 3 is 2.00 bits per heavy atom. The number of phenolic OH excluding ortho intramolecular Hbond substituents is 1. The molecule has 0 spiro atoms. The van der Waals surface area contributed by atoms with E-state index in [9.17, 15) is 5.11 Å². The van der Waals surface area contributed by atoms with Crippen molar-refractivity contribution < 1.29 is 5.11 Å². The van der Waals surface area contributed by atoms with Crippen molar-refractivity contribution in [3.63, 3.8) is 0 Å². The summed E-state index contributed by atoms with van der Waals surface area (Å²) in [6, 6.07) is 22.1. The Hall–Kier alpha value is -3.14. The third kappa shape index (κ3) is 3.05. The largest absolute Gasteiger partial charge is 0.505 e. The monoisotopic (exact) mass is 371 g/mol. The van der Waals surface area contributed by atoms with Gasteiger partial charge in [0.2, 0.25) is 0 Å². The van der Waals surface area contributed by atoms with E-state index in [4.69, 9.17) is 0 Å². The van der Waals surface area contributed by atoms with Crippen LogP contribution in [0.3, 0.4) is 0 Å². The lowest BCUT2D eigenvalue weighted by molar-refractivity contribution is 0.445. The number of phenols is 1. The van der Waals surface area contributed by atoms with Crippen LogP contribution in [0.1, 0.15) is 50.3 Å². The fourth-order valence-electron chi connectivity index (χ4n) is 3.58. The summed E-state index contributed by atoms with van der Waals surface area (Å²) in [6.07, 6.45) is 0. The number of hydrogen-bond donors (Lipinski definition) is 1. The minimum Gasteiger partial charge on any atom is -0.505 e. The summed E-state index contributed by atoms with van der Waals surface area (Å²) < 4.78 is 0. The van der Waals surface area contributed by atoms with Crippen molar-refractivity contribution in [1.82, 2.24) is 15.0 Å². The van der Waals surface area contributed by atoms with E-state index >= 15 is 0 Å². The van der Waals surface area contributed by atoms with Crippen molar-refractivity contribution >= 4 is 11.0 Å². The second kappa shape index (κ2) is 6.79. The molecule has 1 heterocycles. The second-order valence-corrected chi connectivity index (χ2v) is 8.06. The van der Waals surface area contributed by atoms with Crippen LogP contribution in [0.2, 0.25) is 0 Å². The molecular formula is C24H25N3O. The third-order valence-electron chi connectivity index (χ3n) is 5.45. The highest BCUT2D eigenvalue weighted by atomic mass is 16.3. The van der Waals surface area contributed by atoms with E-state index in [1.54, 1.807) is 4.80 Å². The third-order valence-corrected chi connectivity index (χ3v) is 5.45. The normalized spacial score (nSPS) is 12.0. The van der Waals surface area contributed by atoms with Crippen LogP contribution in [-0.4, -0.2) is 20.1 Å². The van der Waals surface area contributed by atoms with E-state index in [2.05, 4.69) is 56.1 Å². The molecule has 0 aliphatic carbocycles. The second-order valence-electron chi connectivity index (χ2n) is 8.06. The summed E-state index contributed by atoms with van der Waals surface area (Å²) >= 11 is 0. The van der Waals surface area contributed by atoms with Gasteiger partial charge in [-0.15, -0.1) is 15.0 Å². The Morgan fingerprint density at radius 2 is 1.43 bits per heavy atom. The Morgan fingerprint density at radius 1 is 0.857 bits per heavy atom. The van der Waals surface area contributed by atoms with Gasteiger partial charge in [-0.2, -0.15) is 0 Å². The van der Waals surface area contributed by atoms with Gasteiger partial charge in [-0.25, -0.2) is 0 Å². The Kier molecular flexibility index (Phi) is 4.42. The molecule has 142 valence electrons. The van der Waals surface area contributed by atoms with Gasteiger partial charge in [0, 0.05) is 11.0 Å². The topological polar surface area (TPSA) is 50.9 Å². The minimum atomic E-state index is -0.364. The molecule has 0 radical (unpaired) electrons. The van der Waals surface area contributed by atoms with Gasteiger partial charge >= 0.3 is 0 Å². The van der Waals surface area contributed by atoms with Crippen LogP contribution in [0.25, 0.3) is 16.7 Å². The molecule has 0 aliphatic rings. The van der Waals surface area contributed by atoms with Gasteiger partial charge in [0.25, 0.3) is 0 Å². The zero-order chi connectivity index (χ0) is 19.9. The molecule has 0 atom stereocenters. The van der Waals surface area contributed by atoms with Crippen molar-refractivity contribution in [1.29, 1.82) is 0 Å². The van der Waals surface area contributed by atoms with Crippen LogP contribution in [0.5, 0.6) is 5.75 Å². The predicted octanol–water partition coefficient (Wildman–Crippen LogP) is 5.58. The van der Waals surface area contributed by atoms with Gasteiger partial charge in [0.15, 0.2) is 0 Å². The standard InChI is InChI=1S/C24H25N3O/c1-16(2)17-14-19(24(3,4)18-10-6-5-7-11-18)23(28)22(15-17)27-25-20-12-8-9-13-21(20)26-27/h5-16,28H,1-4H3. The fraction of sp³-hybridized carbons (Fsp3) is 0.250. The Labute approximate surface area is 165 Å². The molecule has 0 aliphatic heterocycles. The molecule has 0 fully saturated rings. The molecular weight excluding hydrogens is 346 g/mol. The molecule has 0 amide bonds. The Bertz CT molecular complexity index is 1090. The van der Waals surface area contributed by atoms with E-state index in [0.29, 0.717) is 11.6 Å². The molecule has 0 unspecified atom stereocenters. The number of benzene rings is 3. The summed E-state index contributed by atoms with van der Waals surface area (Å²) in [5.41, 5.74) is 5.03. The summed E-state index contributed by atoms with van der Waals surface area (Å²) in [5, 5.41) is 20.4. The zero-order valence-corrected chi connectivity index (χ0v) is 16.7. The van der Waals surface area contributed by atoms with Gasteiger partial charge in [-0.05, 0) is 35.2 Å². The quantitative estimate of drug-likeness (QED) is 0.510. The maximum absolute atomic E-state index is 11.3. The fourth-order valence-corrected chi connectivity index (χ4v) is 3.58. The summed E-state index contributed by atoms with van der Waals surface area (Å²) in [4.78, 5) is 1.55. The lowest BCUT2D eigenvalue weighted by Crippen LogP contribution is -2.20. The number of aromatic nitrogens is 3. The summed E-state index contributed by atoms with van der Waals surface area (Å²) in [6.45, 7) is 8.58. The lowest BCUT2D eigenvalue weighted by Gasteiger charge is -2.29. The van der Waals surface area contributed by atoms with Gasteiger partial charge in [0.05, 0.1) is 0 Å². The molecule has 1 N–H and O–H groups in total. The molecule has 0 saturated heterocycles. The number of hydrogen-bond acceptors (Lipinski definition) is 3. The van der Waals surface area contributed by atoms with Gasteiger partial charge < -0.3 is 5.11 Å². The van der Waals surface area contributed by atoms with Crippen LogP contribution in [-0.2, 0) is 5.41 Å². The highest BCUT2D eigenvalue weighted by Crippen LogP contribution is 2.41. The SMILES string of the molecule is CC(C)c1cc(-n2nc3ccccc3n2)c(O)c(C(C)(C)c2ccccc2)c1. The van der Waals surface area contributed by atoms with Crippen molar-refractivity contribution in [3.8, 4) is 11.4 Å². The smallest absolute Gasteiger partial charge is 0.147 e. The molecule has 28 heavy (non-hydrogen) atoms. The maximum atomic E-state index is 11.3. The van der Waals surface area contributed by atoms with Crippen LogP contribution in [0.15, 0.2) is 66.7 Å².